The van der Waals surface area contributed by atoms with Gasteiger partial charge in [-0.2, -0.15) is 0 Å². The van der Waals surface area contributed by atoms with Gasteiger partial charge in [-0.15, -0.1) is 0 Å². The molecule has 0 fully saturated rings. The highest BCUT2D eigenvalue weighted by Gasteiger charge is 2.18. The molecule has 1 heterocycles. The van der Waals surface area contributed by atoms with Crippen LogP contribution in [0.2, 0.25) is 0 Å². The predicted octanol–water partition coefficient (Wildman–Crippen LogP) is 4.69. The number of methoxy groups -OCH3 is 1. The normalized spacial score (nSPS) is 10.5. The first-order valence-corrected chi connectivity index (χ1v) is 10.2. The Labute approximate surface area is 182 Å². The van der Waals surface area contributed by atoms with Crippen molar-refractivity contribution < 1.29 is 23.8 Å². The molecule has 0 radical (unpaired) electrons. The van der Waals surface area contributed by atoms with E-state index in [1.165, 1.54) is 0 Å². The fourth-order valence-electron chi connectivity index (χ4n) is 3.39. The maximum atomic E-state index is 12.6. The lowest BCUT2D eigenvalue weighted by Gasteiger charge is -2.10. The molecule has 0 N–H and O–H groups in total. The van der Waals surface area contributed by atoms with E-state index >= 15 is 0 Å². The van der Waals surface area contributed by atoms with Gasteiger partial charge in [-0.25, -0.2) is 0 Å². The van der Waals surface area contributed by atoms with Gasteiger partial charge in [-0.1, -0.05) is 18.2 Å². The monoisotopic (exact) mass is 421 g/mol. The second-order valence-corrected chi connectivity index (χ2v) is 7.17. The van der Waals surface area contributed by atoms with E-state index in [0.29, 0.717) is 24.3 Å². The molecule has 3 rings (SSSR count). The van der Waals surface area contributed by atoms with Crippen LogP contribution in [0.5, 0.6) is 11.5 Å². The molecule has 31 heavy (non-hydrogen) atoms. The summed E-state index contributed by atoms with van der Waals surface area (Å²) in [5, 5.41) is 0. The average Bonchev–Trinajstić information content (AvgIpc) is 3.10. The van der Waals surface area contributed by atoms with E-state index in [9.17, 15) is 9.59 Å². The number of carbonyl (C=O) groups excluding carboxylic acids is 2. The second-order valence-electron chi connectivity index (χ2n) is 7.17. The largest absolute Gasteiger partial charge is 0.497 e. The smallest absolute Gasteiger partial charge is 0.306 e. The molecule has 0 aliphatic heterocycles. The van der Waals surface area contributed by atoms with Crippen LogP contribution in [0.4, 0.5) is 0 Å². The third-order valence-corrected chi connectivity index (χ3v) is 4.96. The molecule has 0 bridgehead atoms. The molecular formula is C25H27NO5. The summed E-state index contributed by atoms with van der Waals surface area (Å²) in [5.41, 5.74) is 3.34. The molecule has 6 heteroatoms. The molecule has 1 aromatic heterocycles. The van der Waals surface area contributed by atoms with Crippen LogP contribution in [0.15, 0.2) is 60.7 Å². The fraction of sp³-hybridized carbons (Fsp3) is 0.280. The number of benzene rings is 2. The molecule has 0 saturated carbocycles. The molecule has 0 aliphatic carbocycles. The summed E-state index contributed by atoms with van der Waals surface area (Å²) in [4.78, 5) is 24.6. The zero-order valence-corrected chi connectivity index (χ0v) is 18.1. The van der Waals surface area contributed by atoms with Gasteiger partial charge in [0.25, 0.3) is 0 Å². The molecule has 6 nitrogen and oxygen atoms in total. The van der Waals surface area contributed by atoms with Crippen LogP contribution in [-0.2, 0) is 9.53 Å². The van der Waals surface area contributed by atoms with E-state index in [0.717, 1.165) is 22.8 Å². The minimum atomic E-state index is -0.413. The number of hydrogen-bond acceptors (Lipinski definition) is 5. The van der Waals surface area contributed by atoms with Crippen LogP contribution in [0.1, 0.15) is 34.6 Å². The quantitative estimate of drug-likeness (QED) is 0.270. The highest BCUT2D eigenvalue weighted by atomic mass is 16.5. The molecule has 0 spiro atoms. The average molecular weight is 421 g/mol. The molecule has 0 unspecified atom stereocenters. The van der Waals surface area contributed by atoms with Crippen molar-refractivity contribution in [3.63, 3.8) is 0 Å². The summed E-state index contributed by atoms with van der Waals surface area (Å²) in [6.45, 7) is 3.96. The van der Waals surface area contributed by atoms with Gasteiger partial charge in [0.1, 0.15) is 11.5 Å². The summed E-state index contributed by atoms with van der Waals surface area (Å²) in [5.74, 6) is 0.838. The minimum Gasteiger partial charge on any atom is -0.497 e. The van der Waals surface area contributed by atoms with Gasteiger partial charge in [0.15, 0.2) is 6.61 Å². The molecule has 0 aliphatic rings. The van der Waals surface area contributed by atoms with E-state index < -0.39 is 5.97 Å². The van der Waals surface area contributed by atoms with Crippen LogP contribution in [0.3, 0.4) is 0 Å². The summed E-state index contributed by atoms with van der Waals surface area (Å²) in [6, 6.07) is 18.9. The third kappa shape index (κ3) is 5.75. The van der Waals surface area contributed by atoms with Crippen molar-refractivity contribution in [1.82, 2.24) is 4.57 Å². The summed E-state index contributed by atoms with van der Waals surface area (Å²) in [7, 11) is 1.60. The maximum Gasteiger partial charge on any atom is 0.306 e. The van der Waals surface area contributed by atoms with Crippen molar-refractivity contribution >= 4 is 11.8 Å². The summed E-state index contributed by atoms with van der Waals surface area (Å²) in [6.07, 6.45) is 0.689. The van der Waals surface area contributed by atoms with Gasteiger partial charge in [0.2, 0.25) is 5.78 Å². The van der Waals surface area contributed by atoms with Gasteiger partial charge in [-0.05, 0) is 62.7 Å². The fourth-order valence-corrected chi connectivity index (χ4v) is 3.39. The van der Waals surface area contributed by atoms with Gasteiger partial charge in [0.05, 0.1) is 13.7 Å². The highest BCUT2D eigenvalue weighted by molar-refractivity contribution is 5.99. The Morgan fingerprint density at radius 2 is 1.61 bits per heavy atom. The molecule has 162 valence electrons. The lowest BCUT2D eigenvalue weighted by atomic mass is 10.1. The number of aromatic nitrogens is 1. The molecular weight excluding hydrogens is 394 g/mol. The topological polar surface area (TPSA) is 66.8 Å². The lowest BCUT2D eigenvalue weighted by Crippen LogP contribution is -2.15. The number of carbonyl (C=O) groups is 2. The van der Waals surface area contributed by atoms with Crippen LogP contribution in [0.25, 0.3) is 5.69 Å². The number of rotatable bonds is 10. The minimum absolute atomic E-state index is 0.187. The predicted molar refractivity (Wildman–Crippen MR) is 118 cm³/mol. The second kappa shape index (κ2) is 10.5. The molecule has 0 atom stereocenters. The number of para-hydroxylation sites is 1. The van der Waals surface area contributed by atoms with Crippen LogP contribution in [-0.4, -0.2) is 36.6 Å². The molecule has 0 amide bonds. The van der Waals surface area contributed by atoms with Crippen LogP contribution < -0.4 is 9.47 Å². The molecule has 2 aromatic carbocycles. The van der Waals surface area contributed by atoms with E-state index in [2.05, 4.69) is 0 Å². The first-order valence-electron chi connectivity index (χ1n) is 10.2. The van der Waals surface area contributed by atoms with Crippen molar-refractivity contribution in [3.05, 3.63) is 77.6 Å². The number of esters is 1. The van der Waals surface area contributed by atoms with Crippen LogP contribution >= 0.6 is 0 Å². The Bertz CT molecular complexity index is 1020. The number of ether oxygens (including phenoxy) is 3. The standard InChI is InChI=1S/C25H27NO5/c1-18-16-23(19(2)26(18)20-8-5-4-6-9-20)24(27)17-31-25(28)10-7-15-30-22-13-11-21(29-3)12-14-22/h4-6,8-9,11-14,16H,7,10,15,17H2,1-3H3. The Morgan fingerprint density at radius 1 is 0.935 bits per heavy atom. The van der Waals surface area contributed by atoms with Gasteiger partial charge < -0.3 is 18.8 Å². The molecule has 3 aromatic rings. The Morgan fingerprint density at radius 3 is 2.29 bits per heavy atom. The first kappa shape index (κ1) is 22.2. The third-order valence-electron chi connectivity index (χ3n) is 4.96. The SMILES string of the molecule is COc1ccc(OCCCC(=O)OCC(=O)c2cc(C)n(-c3ccccc3)c2C)cc1. The zero-order valence-electron chi connectivity index (χ0n) is 18.1. The summed E-state index contributed by atoms with van der Waals surface area (Å²) >= 11 is 0. The number of hydrogen-bond donors (Lipinski definition) is 0. The van der Waals surface area contributed by atoms with Gasteiger partial charge in [0, 0.05) is 29.1 Å². The number of Topliss-reactive ketones (excluding diaryl/α,β-unsaturated/α-hetero) is 1. The van der Waals surface area contributed by atoms with Gasteiger partial charge >= 0.3 is 5.97 Å². The maximum absolute atomic E-state index is 12.6. The van der Waals surface area contributed by atoms with Gasteiger partial charge in [-0.3, -0.25) is 9.59 Å². The number of nitrogens with zero attached hydrogens (tertiary/aromatic N) is 1. The Hall–Kier alpha value is -3.54. The van der Waals surface area contributed by atoms with E-state index in [1.807, 2.05) is 79.1 Å². The van der Waals surface area contributed by atoms with Crippen molar-refractivity contribution in [3.8, 4) is 17.2 Å². The van der Waals surface area contributed by atoms with E-state index in [1.54, 1.807) is 7.11 Å². The molecule has 0 saturated heterocycles. The lowest BCUT2D eigenvalue weighted by molar-refractivity contribution is -0.142. The van der Waals surface area contributed by atoms with Crippen LogP contribution in [0, 0.1) is 13.8 Å². The van der Waals surface area contributed by atoms with Crippen molar-refractivity contribution in [2.45, 2.75) is 26.7 Å². The first-order chi connectivity index (χ1) is 15.0. The summed E-state index contributed by atoms with van der Waals surface area (Å²) < 4.78 is 17.9. The number of ketones is 1. The van der Waals surface area contributed by atoms with E-state index in [4.69, 9.17) is 14.2 Å². The van der Waals surface area contributed by atoms with Crippen molar-refractivity contribution in [2.75, 3.05) is 20.3 Å². The highest BCUT2D eigenvalue weighted by Crippen LogP contribution is 2.21. The van der Waals surface area contributed by atoms with Crippen molar-refractivity contribution in [2.24, 2.45) is 0 Å². The number of aryl methyl sites for hydroxylation is 1. The zero-order chi connectivity index (χ0) is 22.2. The van der Waals surface area contributed by atoms with E-state index in [-0.39, 0.29) is 18.8 Å². The Kier molecular flexibility index (Phi) is 7.49. The van der Waals surface area contributed by atoms with Crippen molar-refractivity contribution in [1.29, 1.82) is 0 Å². The Balaban J connectivity index is 1.45.